The van der Waals surface area contributed by atoms with Crippen molar-refractivity contribution in [3.63, 3.8) is 0 Å². The van der Waals surface area contributed by atoms with E-state index in [1.54, 1.807) is 0 Å². The Morgan fingerprint density at radius 1 is 0.519 bits per heavy atom. The predicted molar refractivity (Wildman–Crippen MR) is 58.4 cm³/mol. The van der Waals surface area contributed by atoms with E-state index in [0.29, 0.717) is 0 Å². The van der Waals surface area contributed by atoms with Crippen molar-refractivity contribution in [3.05, 3.63) is 0 Å². The van der Waals surface area contributed by atoms with E-state index in [4.69, 9.17) is 10.2 Å². The summed E-state index contributed by atoms with van der Waals surface area (Å²) < 4.78 is 0. The third-order valence-electron chi connectivity index (χ3n) is 2.51. The third-order valence-corrected chi connectivity index (χ3v) is 2.51. The van der Waals surface area contributed by atoms with Gasteiger partial charge in [0, 0.05) is 80.7 Å². The Balaban J connectivity index is -0.000000411. The van der Waals surface area contributed by atoms with Gasteiger partial charge in [0.25, 0.3) is 0 Å². The van der Waals surface area contributed by atoms with E-state index in [9.17, 15) is 59.4 Å². The molecule has 27 heavy (non-hydrogen) atoms. The van der Waals surface area contributed by atoms with Crippen molar-refractivity contribution in [1.29, 1.82) is 0 Å². The molecular weight excluding hydrogens is 606 g/mol. The second-order valence-electron chi connectivity index (χ2n) is 4.83. The van der Waals surface area contributed by atoms with Crippen LogP contribution >= 0.6 is 0 Å². The summed E-state index contributed by atoms with van der Waals surface area (Å²) in [7, 11) is 0. The smallest absolute Gasteiger partial charge is 0.114 e. The average molecular weight is 616 g/mol. The number of aliphatic carboxylic acids is 6. The molecule has 0 aliphatic carbocycles. The van der Waals surface area contributed by atoms with Crippen LogP contribution in [0.5, 0.6) is 0 Å². The Labute approximate surface area is 173 Å². The quantitative estimate of drug-likeness (QED) is 0.231. The molecule has 0 saturated heterocycles. The Morgan fingerprint density at radius 3 is 0.741 bits per heavy atom. The normalized spacial score (nSPS) is 10.4. The minimum Gasteiger partial charge on any atom is -0.550 e. The van der Waals surface area contributed by atoms with Gasteiger partial charge in [-0.3, -0.25) is 0 Å². The predicted octanol–water partition coefficient (Wildman–Crippen LogP) is -10.5. The standard InChI is InChI=1S/2C6H8O7.U/c2*7-3(8)1-6(13,5(11)12)2-4(9)10;/h2*13H,1-2H2,(H,7,8)(H,9,10)(H,11,12);/p-6. The fourth-order valence-electron chi connectivity index (χ4n) is 1.37. The summed E-state index contributed by atoms with van der Waals surface area (Å²) in [4.78, 5) is 60.0. The summed E-state index contributed by atoms with van der Waals surface area (Å²) in [5.41, 5.74) is -5.95. The Kier molecular flexibility index (Phi) is 13.4. The van der Waals surface area contributed by atoms with E-state index >= 15 is 0 Å². The third kappa shape index (κ3) is 12.7. The van der Waals surface area contributed by atoms with Gasteiger partial charge in [0.2, 0.25) is 0 Å². The van der Waals surface area contributed by atoms with Gasteiger partial charge in [-0.15, -0.1) is 0 Å². The summed E-state index contributed by atoms with van der Waals surface area (Å²) >= 11 is 0. The Hall–Kier alpha value is -2.21. The number of hydrogen-bond donors (Lipinski definition) is 2. The van der Waals surface area contributed by atoms with Crippen molar-refractivity contribution in [2.75, 3.05) is 0 Å². The molecule has 0 amide bonds. The van der Waals surface area contributed by atoms with E-state index in [-0.39, 0.29) is 31.1 Å². The maximum Gasteiger partial charge on any atom is 0.114 e. The van der Waals surface area contributed by atoms with Crippen molar-refractivity contribution in [1.82, 2.24) is 0 Å². The molecule has 0 saturated carbocycles. The van der Waals surface area contributed by atoms with Crippen LogP contribution in [-0.4, -0.2) is 57.2 Å². The molecule has 15 heteroatoms. The monoisotopic (exact) mass is 616 g/mol. The van der Waals surface area contributed by atoms with Gasteiger partial charge in [-0.2, -0.15) is 0 Å². The van der Waals surface area contributed by atoms with Crippen LogP contribution in [0.15, 0.2) is 0 Å². The number of carboxylic acids is 6. The second-order valence-corrected chi connectivity index (χ2v) is 4.83. The van der Waals surface area contributed by atoms with E-state index in [1.165, 1.54) is 0 Å². The number of rotatable bonds is 10. The van der Waals surface area contributed by atoms with Gasteiger partial charge >= 0.3 is 0 Å². The van der Waals surface area contributed by atoms with E-state index in [2.05, 4.69) is 0 Å². The van der Waals surface area contributed by atoms with Crippen LogP contribution in [-0.2, 0) is 28.8 Å². The molecule has 0 aliphatic heterocycles. The molecule has 2 N–H and O–H groups in total. The average Bonchev–Trinajstić information content (AvgIpc) is 2.34. The first-order chi connectivity index (χ1) is 11.6. The SMILES string of the molecule is O=C([O-])CC(O)(CC(=O)[O-])C(=O)[O-].O=C([O-])CC(O)(CC(=O)[O-])C(=O)[O-].[U]. The zero-order valence-corrected chi connectivity index (χ0v) is 17.3. The van der Waals surface area contributed by atoms with Crippen LogP contribution in [0.1, 0.15) is 25.7 Å². The van der Waals surface area contributed by atoms with Crippen LogP contribution in [0.4, 0.5) is 0 Å². The molecule has 0 bridgehead atoms. The van der Waals surface area contributed by atoms with Crippen LogP contribution in [0, 0.1) is 31.1 Å². The summed E-state index contributed by atoms with van der Waals surface area (Å²) in [6, 6.07) is 0. The molecular formula is C12H10O14U-6. The maximum absolute atomic E-state index is 10.1. The molecule has 0 aromatic rings. The first kappa shape index (κ1) is 29.6. The van der Waals surface area contributed by atoms with Crippen LogP contribution < -0.4 is 30.6 Å². The number of aliphatic hydroxyl groups is 2. The zero-order valence-electron chi connectivity index (χ0n) is 13.1. The molecule has 152 valence electrons. The molecule has 0 heterocycles. The van der Waals surface area contributed by atoms with Gasteiger partial charge < -0.3 is 69.6 Å². The first-order valence-corrected chi connectivity index (χ1v) is 6.23. The van der Waals surface area contributed by atoms with Crippen LogP contribution in [0.25, 0.3) is 0 Å². The molecule has 14 nitrogen and oxygen atoms in total. The summed E-state index contributed by atoms with van der Waals surface area (Å²) in [6.45, 7) is 0. The Bertz CT molecular complexity index is 513. The van der Waals surface area contributed by atoms with Crippen molar-refractivity contribution >= 4 is 35.8 Å². The zero-order chi connectivity index (χ0) is 21.3. The fourth-order valence-corrected chi connectivity index (χ4v) is 1.37. The minimum absolute atomic E-state index is 0. The number of carbonyl (C=O) groups is 6. The van der Waals surface area contributed by atoms with Gasteiger partial charge in [0.15, 0.2) is 0 Å². The summed E-state index contributed by atoms with van der Waals surface area (Å²) in [5.74, 6) is -12.0. The number of carboxylic acid groups (broad SMARTS) is 6. The van der Waals surface area contributed by atoms with Gasteiger partial charge in [0.1, 0.15) is 11.2 Å². The number of hydrogen-bond acceptors (Lipinski definition) is 14. The van der Waals surface area contributed by atoms with Crippen LogP contribution in [0.3, 0.4) is 0 Å². The molecule has 0 radical (unpaired) electrons. The molecule has 0 unspecified atom stereocenters. The van der Waals surface area contributed by atoms with E-state index in [0.717, 1.165) is 0 Å². The molecule has 0 rings (SSSR count). The molecule has 0 fully saturated rings. The van der Waals surface area contributed by atoms with E-state index in [1.807, 2.05) is 0 Å². The summed E-state index contributed by atoms with van der Waals surface area (Å²) in [5, 5.41) is 77.9. The van der Waals surface area contributed by atoms with Crippen molar-refractivity contribution in [2.24, 2.45) is 0 Å². The molecule has 0 aliphatic rings. The Morgan fingerprint density at radius 2 is 0.667 bits per heavy atom. The van der Waals surface area contributed by atoms with Crippen LogP contribution in [0.2, 0.25) is 0 Å². The molecule has 0 aromatic carbocycles. The van der Waals surface area contributed by atoms with E-state index < -0.39 is 72.7 Å². The van der Waals surface area contributed by atoms with Gasteiger partial charge in [-0.1, -0.05) is 0 Å². The topological polar surface area (TPSA) is 281 Å². The second kappa shape index (κ2) is 12.2. The summed E-state index contributed by atoms with van der Waals surface area (Å²) in [6.07, 6.45) is -5.43. The van der Waals surface area contributed by atoms with Crippen molar-refractivity contribution < 1.29 is 101 Å². The number of carbonyl (C=O) groups excluding carboxylic acids is 6. The fraction of sp³-hybridized carbons (Fsp3) is 0.500. The van der Waals surface area contributed by atoms with Gasteiger partial charge in [-0.25, -0.2) is 0 Å². The maximum atomic E-state index is 10.1. The van der Waals surface area contributed by atoms with Crippen molar-refractivity contribution in [3.8, 4) is 0 Å². The molecule has 0 spiro atoms. The van der Waals surface area contributed by atoms with Gasteiger partial charge in [0.05, 0.1) is 11.9 Å². The molecule has 0 atom stereocenters. The largest absolute Gasteiger partial charge is 0.550 e. The molecule has 0 aromatic heterocycles. The first-order valence-electron chi connectivity index (χ1n) is 6.23. The minimum atomic E-state index is -2.97. The van der Waals surface area contributed by atoms with Gasteiger partial charge in [-0.05, 0) is 0 Å². The van der Waals surface area contributed by atoms with Crippen molar-refractivity contribution in [2.45, 2.75) is 36.9 Å².